The van der Waals surface area contributed by atoms with E-state index in [0.717, 1.165) is 12.1 Å². The Balaban J connectivity index is 2.78. The summed E-state index contributed by atoms with van der Waals surface area (Å²) in [6.07, 6.45) is 0.893. The minimum Gasteiger partial charge on any atom is -0.304 e. The molecule has 0 amide bonds. The molecular formula is C12H23N2O3PS2. The summed E-state index contributed by atoms with van der Waals surface area (Å²) in [6.45, 7) is 8.77. The maximum atomic E-state index is 12.6. The van der Waals surface area contributed by atoms with Crippen molar-refractivity contribution in [1.29, 1.82) is 0 Å². The third kappa shape index (κ3) is 5.43. The van der Waals surface area contributed by atoms with Crippen LogP contribution in [-0.2, 0) is 13.7 Å². The average Bonchev–Trinajstić information content (AvgIpc) is 2.60. The molecule has 0 aromatic heterocycles. The highest BCUT2D eigenvalue weighted by molar-refractivity contribution is 8.55. The Morgan fingerprint density at radius 3 is 2.60 bits per heavy atom. The number of rotatable bonds is 7. The summed E-state index contributed by atoms with van der Waals surface area (Å²) in [7, 11) is 0. The molecule has 0 aliphatic carbocycles. The number of aliphatic imine (C=N–C) groups is 1. The van der Waals surface area contributed by atoms with E-state index in [4.69, 9.17) is 9.15 Å². The van der Waals surface area contributed by atoms with E-state index in [9.17, 15) is 4.57 Å². The lowest BCUT2D eigenvalue weighted by Crippen LogP contribution is -2.06. The zero-order chi connectivity index (χ0) is 15.4. The van der Waals surface area contributed by atoms with Gasteiger partial charge in [0.2, 0.25) is 0 Å². The number of thioether (sulfide) groups is 1. The Morgan fingerprint density at radius 2 is 2.15 bits per heavy atom. The number of hydrogen-bond donors (Lipinski definition) is 0. The first-order chi connectivity index (χ1) is 9.21. The summed E-state index contributed by atoms with van der Waals surface area (Å²) in [6, 6.07) is 0. The quantitative estimate of drug-likeness (QED) is 0.486. The van der Waals surface area contributed by atoms with Crippen LogP contribution in [0.5, 0.6) is 0 Å². The van der Waals surface area contributed by atoms with Crippen molar-refractivity contribution in [1.82, 2.24) is 0 Å². The lowest BCUT2D eigenvalue weighted by atomic mass is 10.4. The molecule has 1 rings (SSSR count). The molecule has 0 saturated heterocycles. The van der Waals surface area contributed by atoms with Crippen LogP contribution in [0.3, 0.4) is 0 Å². The molecule has 0 bridgehead atoms. The molecule has 0 radical (unpaired) electrons. The van der Waals surface area contributed by atoms with E-state index >= 15 is 0 Å². The van der Waals surface area contributed by atoms with Crippen LogP contribution < -0.4 is 0 Å². The van der Waals surface area contributed by atoms with Gasteiger partial charge < -0.3 is 4.62 Å². The third-order valence-electron chi connectivity index (χ3n) is 2.49. The van der Waals surface area contributed by atoms with E-state index in [1.165, 1.54) is 23.1 Å². The predicted molar refractivity (Wildman–Crippen MR) is 89.9 cm³/mol. The topological polar surface area (TPSA) is 60.2 Å². The molecule has 0 aromatic rings. The van der Waals surface area contributed by atoms with Gasteiger partial charge in [-0.05, 0) is 45.5 Å². The molecule has 5 nitrogen and oxygen atoms in total. The normalized spacial score (nSPS) is 24.3. The molecule has 0 saturated carbocycles. The number of nitrogens with zero attached hydrogens (tertiary/aromatic N) is 2. The van der Waals surface area contributed by atoms with E-state index in [2.05, 4.69) is 10.1 Å². The summed E-state index contributed by atoms with van der Waals surface area (Å²) in [5, 5.41) is 4.87. The van der Waals surface area contributed by atoms with Gasteiger partial charge in [-0.15, -0.1) is 0 Å². The van der Waals surface area contributed by atoms with Crippen LogP contribution in [0.2, 0.25) is 0 Å². The van der Waals surface area contributed by atoms with Gasteiger partial charge in [-0.3, -0.25) is 9.52 Å². The summed E-state index contributed by atoms with van der Waals surface area (Å²) in [5.41, 5.74) is 0.802. The van der Waals surface area contributed by atoms with Crippen molar-refractivity contribution in [2.75, 3.05) is 6.61 Å². The monoisotopic (exact) mass is 338 g/mol. The van der Waals surface area contributed by atoms with E-state index in [1.54, 1.807) is 6.92 Å². The van der Waals surface area contributed by atoms with Gasteiger partial charge in [0.25, 0.3) is 0 Å². The fourth-order valence-electron chi connectivity index (χ4n) is 1.48. The summed E-state index contributed by atoms with van der Waals surface area (Å²) in [4.78, 5) is 4.21. The van der Waals surface area contributed by atoms with Crippen molar-refractivity contribution in [3.63, 3.8) is 0 Å². The maximum absolute atomic E-state index is 12.6. The van der Waals surface area contributed by atoms with Crippen molar-refractivity contribution in [3.8, 4) is 0 Å². The van der Waals surface area contributed by atoms with Crippen LogP contribution in [0, 0.1) is 0 Å². The van der Waals surface area contributed by atoms with Crippen LogP contribution in [0.25, 0.3) is 0 Å². The Hall–Kier alpha value is 0.0300. The number of oxime groups is 1. The number of hydrogen-bond acceptors (Lipinski definition) is 7. The van der Waals surface area contributed by atoms with Gasteiger partial charge in [-0.2, -0.15) is 0 Å². The molecule has 0 N–H and O–H groups in total. The second kappa shape index (κ2) is 7.34. The molecule has 20 heavy (non-hydrogen) atoms. The van der Waals surface area contributed by atoms with Crippen LogP contribution in [0.4, 0.5) is 0 Å². The van der Waals surface area contributed by atoms with Gasteiger partial charge in [0.15, 0.2) is 5.04 Å². The van der Waals surface area contributed by atoms with Crippen molar-refractivity contribution in [2.24, 2.45) is 10.1 Å². The molecule has 1 aliphatic rings. The van der Waals surface area contributed by atoms with Gasteiger partial charge in [-0.25, -0.2) is 4.57 Å². The average molecular weight is 338 g/mol. The summed E-state index contributed by atoms with van der Waals surface area (Å²) in [5.74, 6) is 0. The Kier molecular flexibility index (Phi) is 6.64. The van der Waals surface area contributed by atoms with Crippen molar-refractivity contribution in [3.05, 3.63) is 0 Å². The van der Waals surface area contributed by atoms with Gasteiger partial charge in [-0.1, -0.05) is 30.8 Å². The first-order valence-corrected chi connectivity index (χ1v) is 10.5. The zero-order valence-corrected chi connectivity index (χ0v) is 15.4. The third-order valence-corrected chi connectivity index (χ3v) is 7.82. The fraction of sp³-hybridized carbons (Fsp3) is 0.833. The molecule has 8 heteroatoms. The van der Waals surface area contributed by atoms with Gasteiger partial charge in [0, 0.05) is 5.25 Å². The molecular weight excluding hydrogens is 315 g/mol. The highest BCUT2D eigenvalue weighted by atomic mass is 32.7. The van der Waals surface area contributed by atoms with Crippen LogP contribution in [0.15, 0.2) is 10.1 Å². The molecule has 1 aliphatic heterocycles. The largest absolute Gasteiger partial charge is 0.460 e. The minimum absolute atomic E-state index is 0.190. The van der Waals surface area contributed by atoms with E-state index in [0.29, 0.717) is 11.7 Å². The smallest absolute Gasteiger partial charge is 0.304 e. The molecule has 2 unspecified atom stereocenters. The fourth-order valence-corrected chi connectivity index (χ4v) is 6.18. The maximum Gasteiger partial charge on any atom is 0.460 e. The van der Waals surface area contributed by atoms with E-state index in [-0.39, 0.29) is 10.1 Å². The molecule has 1 heterocycles. The van der Waals surface area contributed by atoms with Crippen LogP contribution in [0.1, 0.15) is 48.0 Å². The Bertz CT molecular complexity index is 452. The van der Waals surface area contributed by atoms with Gasteiger partial charge in [0.1, 0.15) is 4.87 Å². The molecule has 2 atom stereocenters. The second-order valence-electron chi connectivity index (χ2n) is 4.91. The molecule has 116 valence electrons. The highest BCUT2D eigenvalue weighted by Gasteiger charge is 2.33. The van der Waals surface area contributed by atoms with Crippen molar-refractivity contribution < 1.29 is 13.7 Å². The lowest BCUT2D eigenvalue weighted by molar-refractivity contribution is 0.236. The molecule has 0 aromatic carbocycles. The predicted octanol–water partition coefficient (Wildman–Crippen LogP) is 4.94. The van der Waals surface area contributed by atoms with Crippen LogP contribution >= 0.6 is 29.9 Å². The summed E-state index contributed by atoms with van der Waals surface area (Å²) >= 11 is 2.71. The van der Waals surface area contributed by atoms with Crippen LogP contribution in [-0.4, -0.2) is 27.5 Å². The van der Waals surface area contributed by atoms with Gasteiger partial charge >= 0.3 is 6.80 Å². The molecule has 0 spiro atoms. The zero-order valence-electron chi connectivity index (χ0n) is 12.9. The first kappa shape index (κ1) is 18.1. The minimum atomic E-state index is -3.25. The van der Waals surface area contributed by atoms with E-state index in [1.807, 2.05) is 34.6 Å². The van der Waals surface area contributed by atoms with Gasteiger partial charge in [0.05, 0.1) is 12.3 Å². The second-order valence-corrected chi connectivity index (χ2v) is 10.8. The van der Waals surface area contributed by atoms with Crippen molar-refractivity contribution >= 4 is 40.7 Å². The van der Waals surface area contributed by atoms with Crippen molar-refractivity contribution in [2.45, 2.75) is 58.1 Å². The van der Waals surface area contributed by atoms with E-state index < -0.39 is 6.80 Å². The standard InChI is InChI=1S/C12H23N2O3PS2/c1-7-9(3)20-18(15,16-8-2)17-14-11-10(4)13-12(5,6)19-11/h9H,7-8H2,1-6H3. The Morgan fingerprint density at radius 1 is 1.50 bits per heavy atom. The highest BCUT2D eigenvalue weighted by Crippen LogP contribution is 2.63. The summed E-state index contributed by atoms with van der Waals surface area (Å²) < 4.78 is 23.1. The SMILES string of the molecule is CCOP(=O)(ON=C1SC(C)(C)N=C1C)SC(C)CC. The lowest BCUT2D eigenvalue weighted by Gasteiger charge is -2.17. The molecule has 0 fully saturated rings. The first-order valence-electron chi connectivity index (χ1n) is 6.67. The Labute approximate surface area is 129 Å².